The lowest BCUT2D eigenvalue weighted by atomic mass is 10.1. The number of benzene rings is 2. The Labute approximate surface area is 155 Å². The van der Waals surface area contributed by atoms with E-state index < -0.39 is 0 Å². The van der Waals surface area contributed by atoms with Crippen LogP contribution in [0.2, 0.25) is 5.02 Å². The van der Waals surface area contributed by atoms with Crippen molar-refractivity contribution in [2.75, 3.05) is 18.7 Å². The van der Waals surface area contributed by atoms with Crippen molar-refractivity contribution < 1.29 is 19.7 Å². The number of hydrogen-bond acceptors (Lipinski definition) is 6. The van der Waals surface area contributed by atoms with Crippen molar-refractivity contribution >= 4 is 28.9 Å². The largest absolute Gasteiger partial charge is 0.506 e. The summed E-state index contributed by atoms with van der Waals surface area (Å²) < 4.78 is 5.18. The number of methoxy groups -OCH3 is 1. The van der Waals surface area contributed by atoms with E-state index in [1.807, 2.05) is 12.1 Å². The second-order valence-electron chi connectivity index (χ2n) is 5.69. The lowest BCUT2D eigenvalue weighted by molar-refractivity contribution is -0.118. The summed E-state index contributed by atoms with van der Waals surface area (Å²) in [7, 11) is 1.58. The number of hydrogen-bond donors (Lipinski definition) is 4. The van der Waals surface area contributed by atoms with Crippen LogP contribution >= 0.6 is 11.6 Å². The molecule has 1 aliphatic rings. The van der Waals surface area contributed by atoms with Gasteiger partial charge in [0.25, 0.3) is 0 Å². The van der Waals surface area contributed by atoms with Crippen LogP contribution in [0.15, 0.2) is 42.2 Å². The molecule has 1 aliphatic heterocycles. The number of ether oxygens (including phenoxy) is 1. The van der Waals surface area contributed by atoms with Crippen molar-refractivity contribution in [2.24, 2.45) is 0 Å². The minimum absolute atomic E-state index is 0.111. The Bertz CT molecular complexity index is 881. The average Bonchev–Trinajstić information content (AvgIpc) is 3.00. The molecular weight excluding hydrogens is 358 g/mol. The summed E-state index contributed by atoms with van der Waals surface area (Å²) in [5, 5.41) is 25.9. The molecule has 8 heteroatoms. The van der Waals surface area contributed by atoms with Crippen LogP contribution in [-0.4, -0.2) is 29.9 Å². The van der Waals surface area contributed by atoms with E-state index in [9.17, 15) is 15.0 Å². The van der Waals surface area contributed by atoms with Crippen LogP contribution in [0.4, 0.5) is 5.69 Å². The van der Waals surface area contributed by atoms with Gasteiger partial charge in [-0.1, -0.05) is 11.6 Å². The maximum atomic E-state index is 11.6. The molecule has 7 nitrogen and oxygen atoms in total. The number of halogens is 1. The third-order valence-electron chi connectivity index (χ3n) is 3.92. The van der Waals surface area contributed by atoms with Crippen molar-refractivity contribution in [1.29, 1.82) is 0 Å². The molecule has 0 aliphatic carbocycles. The predicted molar refractivity (Wildman–Crippen MR) is 99.0 cm³/mol. The number of phenols is 2. The molecule has 3 rings (SSSR count). The zero-order valence-corrected chi connectivity index (χ0v) is 15.0. The number of carbonyl (C=O) groups is 1. The normalized spacial score (nSPS) is 13.6. The fraction of sp³-hybridized carbons (Fsp3) is 0.167. The molecule has 1 heterocycles. The van der Waals surface area contributed by atoms with Crippen molar-refractivity contribution in [2.45, 2.75) is 6.92 Å². The van der Waals surface area contributed by atoms with Gasteiger partial charge in [-0.05, 0) is 30.3 Å². The number of aromatic hydroxyl groups is 2. The van der Waals surface area contributed by atoms with E-state index in [4.69, 9.17) is 16.3 Å². The zero-order valence-electron chi connectivity index (χ0n) is 14.2. The second-order valence-corrected chi connectivity index (χ2v) is 6.10. The Morgan fingerprint density at radius 1 is 1.23 bits per heavy atom. The number of amides is 1. The van der Waals surface area contributed by atoms with Gasteiger partial charge >= 0.3 is 0 Å². The smallest absolute Gasteiger partial charge is 0.222 e. The van der Waals surface area contributed by atoms with E-state index in [0.717, 1.165) is 5.56 Å². The number of phenolic OH excluding ortho intramolecular Hbond substituents is 2. The van der Waals surface area contributed by atoms with Crippen molar-refractivity contribution in [3.63, 3.8) is 0 Å². The van der Waals surface area contributed by atoms with Crippen molar-refractivity contribution in [3.05, 3.63) is 52.8 Å². The molecule has 0 saturated carbocycles. The molecule has 0 fully saturated rings. The summed E-state index contributed by atoms with van der Waals surface area (Å²) >= 11 is 6.01. The minimum Gasteiger partial charge on any atom is -0.506 e. The van der Waals surface area contributed by atoms with Gasteiger partial charge in [-0.3, -0.25) is 4.79 Å². The van der Waals surface area contributed by atoms with E-state index in [-0.39, 0.29) is 22.4 Å². The first kappa shape index (κ1) is 17.8. The molecule has 1 amide bonds. The number of rotatable bonds is 4. The second kappa shape index (κ2) is 7.05. The predicted octanol–water partition coefficient (Wildman–Crippen LogP) is 2.59. The maximum absolute atomic E-state index is 11.6. The molecule has 0 radical (unpaired) electrons. The maximum Gasteiger partial charge on any atom is 0.222 e. The molecule has 0 unspecified atom stereocenters. The summed E-state index contributed by atoms with van der Waals surface area (Å²) in [6.07, 6.45) is 0. The van der Waals surface area contributed by atoms with E-state index in [2.05, 4.69) is 10.6 Å². The first-order valence-corrected chi connectivity index (χ1v) is 8.17. The first-order valence-electron chi connectivity index (χ1n) is 7.80. The van der Waals surface area contributed by atoms with Gasteiger partial charge < -0.3 is 30.5 Å². The SMILES string of the molecule is COc1ccc(C2=C(NC(C)=O)NCN2c2cc(Cl)c(O)cc2O)cc1. The first-order chi connectivity index (χ1) is 12.4. The Kier molecular flexibility index (Phi) is 4.81. The quantitative estimate of drug-likeness (QED) is 0.656. The fourth-order valence-electron chi connectivity index (χ4n) is 2.75. The highest BCUT2D eigenvalue weighted by atomic mass is 35.5. The minimum atomic E-state index is -0.228. The average molecular weight is 376 g/mol. The Morgan fingerprint density at radius 2 is 1.92 bits per heavy atom. The molecule has 4 N–H and O–H groups in total. The van der Waals surface area contributed by atoms with E-state index in [1.165, 1.54) is 19.1 Å². The molecule has 2 aromatic rings. The van der Waals surface area contributed by atoms with Gasteiger partial charge in [-0.2, -0.15) is 0 Å². The third-order valence-corrected chi connectivity index (χ3v) is 4.22. The number of nitrogens with zero attached hydrogens (tertiary/aromatic N) is 1. The Balaban J connectivity index is 2.11. The Hall–Kier alpha value is -3.06. The highest BCUT2D eigenvalue weighted by molar-refractivity contribution is 6.32. The molecular formula is C18H18ClN3O4. The van der Waals surface area contributed by atoms with E-state index in [0.29, 0.717) is 29.6 Å². The number of carbonyl (C=O) groups excluding carboxylic acids is 1. The summed E-state index contributed by atoms with van der Waals surface area (Å²) in [5.41, 5.74) is 1.84. The molecule has 0 aromatic heterocycles. The van der Waals surface area contributed by atoms with Gasteiger partial charge in [-0.15, -0.1) is 0 Å². The van der Waals surface area contributed by atoms with Gasteiger partial charge in [-0.25, -0.2) is 0 Å². The summed E-state index contributed by atoms with van der Waals surface area (Å²) in [5.74, 6) is 0.629. The molecule has 0 bridgehead atoms. The summed E-state index contributed by atoms with van der Waals surface area (Å²) in [6.45, 7) is 1.71. The van der Waals surface area contributed by atoms with E-state index >= 15 is 0 Å². The Morgan fingerprint density at radius 3 is 2.54 bits per heavy atom. The van der Waals surface area contributed by atoms with Gasteiger partial charge in [0.2, 0.25) is 5.91 Å². The van der Waals surface area contributed by atoms with Gasteiger partial charge in [0.15, 0.2) is 0 Å². The van der Waals surface area contributed by atoms with Crippen LogP contribution in [0.1, 0.15) is 12.5 Å². The van der Waals surface area contributed by atoms with Crippen molar-refractivity contribution in [1.82, 2.24) is 10.6 Å². The molecule has 0 atom stereocenters. The van der Waals surface area contributed by atoms with Gasteiger partial charge in [0.05, 0.1) is 30.2 Å². The molecule has 0 saturated heterocycles. The van der Waals surface area contributed by atoms with E-state index in [1.54, 1.807) is 24.1 Å². The molecule has 136 valence electrons. The molecule has 26 heavy (non-hydrogen) atoms. The third kappa shape index (κ3) is 3.34. The van der Waals surface area contributed by atoms with Gasteiger partial charge in [0, 0.05) is 18.6 Å². The highest BCUT2D eigenvalue weighted by Crippen LogP contribution is 2.41. The van der Waals surface area contributed by atoms with Crippen LogP contribution in [0.3, 0.4) is 0 Å². The highest BCUT2D eigenvalue weighted by Gasteiger charge is 2.28. The summed E-state index contributed by atoms with van der Waals surface area (Å²) in [4.78, 5) is 13.3. The lowest BCUT2D eigenvalue weighted by Crippen LogP contribution is -2.28. The van der Waals surface area contributed by atoms with Gasteiger partial charge in [0.1, 0.15) is 23.1 Å². The van der Waals surface area contributed by atoms with Crippen LogP contribution in [0.5, 0.6) is 17.2 Å². The standard InChI is InChI=1S/C18H18ClN3O4/c1-10(23)21-18-17(11-3-5-12(26-2)6-4-11)22(9-20-18)14-7-13(19)15(24)8-16(14)25/h3-8,20,24-25H,9H2,1-2H3,(H,21,23). The van der Waals surface area contributed by atoms with Crippen LogP contribution in [0.25, 0.3) is 5.70 Å². The van der Waals surface area contributed by atoms with Crippen LogP contribution in [0, 0.1) is 0 Å². The lowest BCUT2D eigenvalue weighted by Gasteiger charge is -2.23. The van der Waals surface area contributed by atoms with Crippen molar-refractivity contribution in [3.8, 4) is 17.2 Å². The topological polar surface area (TPSA) is 94.1 Å². The molecule has 2 aromatic carbocycles. The molecule has 0 spiro atoms. The summed E-state index contributed by atoms with van der Waals surface area (Å²) in [6, 6.07) is 9.93. The monoisotopic (exact) mass is 375 g/mol. The van der Waals surface area contributed by atoms with Crippen LogP contribution in [-0.2, 0) is 4.79 Å². The number of anilines is 1. The van der Waals surface area contributed by atoms with Crippen LogP contribution < -0.4 is 20.3 Å². The number of nitrogens with one attached hydrogen (secondary N) is 2. The fourth-order valence-corrected chi connectivity index (χ4v) is 2.90. The zero-order chi connectivity index (χ0) is 18.8.